The molecule has 0 heterocycles. The Labute approximate surface area is 119 Å². The van der Waals surface area contributed by atoms with Crippen LogP contribution in [0.15, 0.2) is 12.1 Å². The van der Waals surface area contributed by atoms with Crippen LogP contribution in [0.5, 0.6) is 0 Å². The fraction of sp³-hybridized carbons (Fsp3) is 0.364. The highest BCUT2D eigenvalue weighted by molar-refractivity contribution is 6.44. The molecule has 0 spiro atoms. The van der Waals surface area contributed by atoms with Crippen LogP contribution in [0.2, 0.25) is 10.0 Å². The summed E-state index contributed by atoms with van der Waals surface area (Å²) in [6.07, 6.45) is -0.847. The summed E-state index contributed by atoms with van der Waals surface area (Å²) < 4.78 is 5.00. The summed E-state index contributed by atoms with van der Waals surface area (Å²) in [5.41, 5.74) is -1.28. The molecule has 8 heteroatoms. The van der Waals surface area contributed by atoms with Crippen LogP contribution in [-0.2, 0) is 4.74 Å². The van der Waals surface area contributed by atoms with Crippen LogP contribution in [-0.4, -0.2) is 16.6 Å². The molecule has 0 aromatic heterocycles. The fourth-order valence-electron chi connectivity index (χ4n) is 1.22. The third kappa shape index (κ3) is 4.25. The third-order valence-corrected chi connectivity index (χ3v) is 2.70. The summed E-state index contributed by atoms with van der Waals surface area (Å²) in [7, 11) is 0. The maximum atomic E-state index is 11.6. The molecule has 104 valence electrons. The third-order valence-electron chi connectivity index (χ3n) is 1.90. The molecule has 1 aromatic rings. The molecule has 0 aliphatic carbocycles. The van der Waals surface area contributed by atoms with Crippen LogP contribution in [0, 0.1) is 10.1 Å². The van der Waals surface area contributed by atoms with Gasteiger partial charge in [-0.05, 0) is 26.8 Å². The molecule has 0 bridgehead atoms. The Bertz CT molecular complexity index is 526. The molecule has 0 fully saturated rings. The topological polar surface area (TPSA) is 81.5 Å². The second kappa shape index (κ2) is 5.63. The number of ether oxygens (including phenoxy) is 1. The summed E-state index contributed by atoms with van der Waals surface area (Å²) in [5, 5.41) is 13.1. The van der Waals surface area contributed by atoms with Crippen LogP contribution in [0.1, 0.15) is 20.8 Å². The van der Waals surface area contributed by atoms with Crippen molar-refractivity contribution < 1.29 is 14.5 Å². The quantitative estimate of drug-likeness (QED) is 0.654. The maximum Gasteiger partial charge on any atom is 0.412 e. The van der Waals surface area contributed by atoms with E-state index in [1.165, 1.54) is 6.07 Å². The molecule has 6 nitrogen and oxygen atoms in total. The first-order valence-electron chi connectivity index (χ1n) is 5.24. The summed E-state index contributed by atoms with van der Waals surface area (Å²) in [5.74, 6) is 0. The predicted molar refractivity (Wildman–Crippen MR) is 73.0 cm³/mol. The average molecular weight is 307 g/mol. The molecule has 0 saturated heterocycles. The molecular formula is C11H12Cl2N2O4. The predicted octanol–water partition coefficient (Wildman–Crippen LogP) is 4.25. The van der Waals surface area contributed by atoms with Crippen molar-refractivity contribution in [2.24, 2.45) is 0 Å². The largest absolute Gasteiger partial charge is 0.444 e. The Morgan fingerprint density at radius 2 is 1.95 bits per heavy atom. The number of nitrogens with zero attached hydrogens (tertiary/aromatic N) is 1. The molecule has 0 aliphatic heterocycles. The molecule has 1 N–H and O–H groups in total. The molecule has 0 unspecified atom stereocenters. The number of anilines is 1. The van der Waals surface area contributed by atoms with E-state index < -0.39 is 16.6 Å². The number of nitrogens with one attached hydrogen (secondary N) is 1. The Kier molecular flexibility index (Phi) is 4.60. The minimum atomic E-state index is -0.847. The summed E-state index contributed by atoms with van der Waals surface area (Å²) in [6.45, 7) is 5.00. The number of hydrogen-bond donors (Lipinski definition) is 1. The van der Waals surface area contributed by atoms with Crippen molar-refractivity contribution in [1.82, 2.24) is 0 Å². The first-order valence-corrected chi connectivity index (χ1v) is 6.00. The van der Waals surface area contributed by atoms with Gasteiger partial charge in [0.25, 0.3) is 5.69 Å². The maximum absolute atomic E-state index is 11.6. The molecular weight excluding hydrogens is 295 g/mol. The van der Waals surface area contributed by atoms with Gasteiger partial charge in [0.1, 0.15) is 11.3 Å². The van der Waals surface area contributed by atoms with Crippen molar-refractivity contribution in [3.8, 4) is 0 Å². The first-order chi connectivity index (χ1) is 8.61. The van der Waals surface area contributed by atoms with Gasteiger partial charge >= 0.3 is 6.09 Å². The second-order valence-electron chi connectivity index (χ2n) is 4.64. The first kappa shape index (κ1) is 15.5. The second-order valence-corrected chi connectivity index (χ2v) is 5.42. The molecule has 1 aromatic carbocycles. The zero-order chi connectivity index (χ0) is 14.8. The lowest BCUT2D eigenvalue weighted by atomic mass is 10.2. The van der Waals surface area contributed by atoms with Crippen LogP contribution < -0.4 is 5.32 Å². The number of nitro benzene ring substituents is 1. The van der Waals surface area contributed by atoms with Crippen LogP contribution >= 0.6 is 23.2 Å². The van der Waals surface area contributed by atoms with Crippen molar-refractivity contribution >= 4 is 40.7 Å². The van der Waals surface area contributed by atoms with E-state index in [0.29, 0.717) is 0 Å². The smallest absolute Gasteiger partial charge is 0.412 e. The Morgan fingerprint density at radius 1 is 1.37 bits per heavy atom. The zero-order valence-corrected chi connectivity index (χ0v) is 12.0. The number of halogens is 2. The molecule has 1 rings (SSSR count). The van der Waals surface area contributed by atoms with Gasteiger partial charge in [-0.15, -0.1) is 0 Å². The van der Waals surface area contributed by atoms with Gasteiger partial charge in [-0.25, -0.2) is 4.79 Å². The molecule has 0 aliphatic rings. The number of nitro groups is 1. The van der Waals surface area contributed by atoms with Gasteiger partial charge in [-0.1, -0.05) is 23.2 Å². The van der Waals surface area contributed by atoms with E-state index in [1.54, 1.807) is 20.8 Å². The lowest BCUT2D eigenvalue weighted by Crippen LogP contribution is -2.27. The number of carbonyl (C=O) groups excluding carboxylic acids is 1. The van der Waals surface area contributed by atoms with Crippen molar-refractivity contribution in [3.05, 3.63) is 32.3 Å². The van der Waals surface area contributed by atoms with E-state index in [-0.39, 0.29) is 21.4 Å². The number of benzene rings is 1. The Morgan fingerprint density at radius 3 is 2.42 bits per heavy atom. The fourth-order valence-corrected chi connectivity index (χ4v) is 1.58. The van der Waals surface area contributed by atoms with Crippen molar-refractivity contribution in [3.63, 3.8) is 0 Å². The van der Waals surface area contributed by atoms with Gasteiger partial charge in [0.2, 0.25) is 0 Å². The summed E-state index contributed by atoms with van der Waals surface area (Å²) >= 11 is 11.6. The lowest BCUT2D eigenvalue weighted by Gasteiger charge is -2.20. The molecule has 1 amide bonds. The minimum Gasteiger partial charge on any atom is -0.444 e. The number of amides is 1. The molecule has 19 heavy (non-hydrogen) atoms. The van der Waals surface area contributed by atoms with E-state index >= 15 is 0 Å². The van der Waals surface area contributed by atoms with Gasteiger partial charge in [-0.2, -0.15) is 0 Å². The minimum absolute atomic E-state index is 0.0957. The molecule has 0 saturated carbocycles. The lowest BCUT2D eigenvalue weighted by molar-refractivity contribution is -0.383. The number of carbonyl (C=O) groups is 1. The Hall–Kier alpha value is -1.53. The van der Waals surface area contributed by atoms with Gasteiger partial charge in [0.15, 0.2) is 0 Å². The SMILES string of the molecule is CC(C)(C)OC(=O)Nc1c([N+](=O)[O-])ccc(Cl)c1Cl. The van der Waals surface area contributed by atoms with Gasteiger partial charge in [0.05, 0.1) is 15.0 Å². The van der Waals surface area contributed by atoms with E-state index in [2.05, 4.69) is 5.32 Å². The van der Waals surface area contributed by atoms with Gasteiger partial charge in [0, 0.05) is 6.07 Å². The number of hydrogen-bond acceptors (Lipinski definition) is 4. The zero-order valence-electron chi connectivity index (χ0n) is 10.5. The van der Waals surface area contributed by atoms with Crippen molar-refractivity contribution in [2.75, 3.05) is 5.32 Å². The van der Waals surface area contributed by atoms with E-state index in [1.807, 2.05) is 0 Å². The van der Waals surface area contributed by atoms with Crippen molar-refractivity contribution in [2.45, 2.75) is 26.4 Å². The highest BCUT2D eigenvalue weighted by Gasteiger charge is 2.24. The van der Waals surface area contributed by atoms with Crippen molar-refractivity contribution in [1.29, 1.82) is 0 Å². The van der Waals surface area contributed by atoms with E-state index in [9.17, 15) is 14.9 Å². The normalized spacial score (nSPS) is 11.0. The average Bonchev–Trinajstić information content (AvgIpc) is 2.21. The molecule has 0 radical (unpaired) electrons. The highest BCUT2D eigenvalue weighted by Crippen LogP contribution is 2.37. The Balaban J connectivity index is 3.09. The summed E-state index contributed by atoms with van der Waals surface area (Å²) in [6, 6.07) is 2.43. The molecule has 0 atom stereocenters. The van der Waals surface area contributed by atoms with Crippen LogP contribution in [0.25, 0.3) is 0 Å². The monoisotopic (exact) mass is 306 g/mol. The number of rotatable bonds is 2. The van der Waals surface area contributed by atoms with E-state index in [4.69, 9.17) is 27.9 Å². The van der Waals surface area contributed by atoms with Crippen LogP contribution in [0.4, 0.5) is 16.2 Å². The summed E-state index contributed by atoms with van der Waals surface area (Å²) in [4.78, 5) is 21.8. The highest BCUT2D eigenvalue weighted by atomic mass is 35.5. The van der Waals surface area contributed by atoms with E-state index in [0.717, 1.165) is 6.07 Å². The van der Waals surface area contributed by atoms with Gasteiger partial charge < -0.3 is 4.74 Å². The van der Waals surface area contributed by atoms with Gasteiger partial charge in [-0.3, -0.25) is 15.4 Å². The van der Waals surface area contributed by atoms with Crippen LogP contribution in [0.3, 0.4) is 0 Å². The standard InChI is InChI=1S/C11H12Cl2N2O4/c1-11(2,3)19-10(16)14-9-7(15(17)18)5-4-6(12)8(9)13/h4-5H,1-3H3,(H,14,16).